The van der Waals surface area contributed by atoms with Crippen LogP contribution in [0.2, 0.25) is 0 Å². The minimum absolute atomic E-state index is 0.103. The Hall–Kier alpha value is -0.530. The van der Waals surface area contributed by atoms with Crippen LogP contribution >= 0.6 is 0 Å². The van der Waals surface area contributed by atoms with Crippen molar-refractivity contribution in [3.8, 4) is 0 Å². The van der Waals surface area contributed by atoms with E-state index in [9.17, 15) is 4.79 Å². The van der Waals surface area contributed by atoms with Crippen molar-refractivity contribution >= 4 is 5.91 Å². The SMILES string of the molecule is CC(C)C12CCC(CC(N)=O)(CC1)CC2. The summed E-state index contributed by atoms with van der Waals surface area (Å²) in [5, 5.41) is 0. The third kappa shape index (κ3) is 1.79. The smallest absolute Gasteiger partial charge is 0.217 e. The van der Waals surface area contributed by atoms with Crippen molar-refractivity contribution in [1.82, 2.24) is 0 Å². The zero-order chi connectivity index (χ0) is 11.1. The molecule has 2 nitrogen and oxygen atoms in total. The number of carbonyl (C=O) groups excluding carboxylic acids is 1. The third-order valence-corrected chi connectivity index (χ3v) is 5.23. The molecule has 3 saturated carbocycles. The Morgan fingerprint density at radius 1 is 1.13 bits per heavy atom. The van der Waals surface area contributed by atoms with Crippen molar-refractivity contribution < 1.29 is 4.79 Å². The molecular weight excluding hydrogens is 186 g/mol. The lowest BCUT2D eigenvalue weighted by Crippen LogP contribution is -2.45. The lowest BCUT2D eigenvalue weighted by molar-refractivity contribution is -0.124. The Morgan fingerprint density at radius 2 is 1.60 bits per heavy atom. The molecule has 0 aromatic carbocycles. The summed E-state index contributed by atoms with van der Waals surface area (Å²) in [6.45, 7) is 4.71. The number of rotatable bonds is 3. The van der Waals surface area contributed by atoms with Crippen molar-refractivity contribution in [2.45, 2.75) is 58.8 Å². The zero-order valence-corrected chi connectivity index (χ0v) is 10.0. The molecular formula is C13H23NO. The zero-order valence-electron chi connectivity index (χ0n) is 10.0. The van der Waals surface area contributed by atoms with Gasteiger partial charge in [-0.05, 0) is 55.3 Å². The van der Waals surface area contributed by atoms with Crippen molar-refractivity contribution in [2.75, 3.05) is 0 Å². The van der Waals surface area contributed by atoms with Gasteiger partial charge in [0.1, 0.15) is 0 Å². The summed E-state index contributed by atoms with van der Waals surface area (Å²) in [7, 11) is 0. The van der Waals surface area contributed by atoms with Crippen molar-refractivity contribution in [3.63, 3.8) is 0 Å². The highest BCUT2D eigenvalue weighted by molar-refractivity contribution is 5.74. The summed E-state index contributed by atoms with van der Waals surface area (Å²) in [5.74, 6) is 0.693. The van der Waals surface area contributed by atoms with E-state index in [-0.39, 0.29) is 5.91 Å². The van der Waals surface area contributed by atoms with Gasteiger partial charge in [-0.3, -0.25) is 4.79 Å². The van der Waals surface area contributed by atoms with Gasteiger partial charge in [-0.15, -0.1) is 0 Å². The largest absolute Gasteiger partial charge is 0.370 e. The van der Waals surface area contributed by atoms with Gasteiger partial charge >= 0.3 is 0 Å². The molecule has 86 valence electrons. The van der Waals surface area contributed by atoms with E-state index in [1.54, 1.807) is 0 Å². The van der Waals surface area contributed by atoms with Crippen LogP contribution in [-0.4, -0.2) is 5.91 Å². The average Bonchev–Trinajstić information content (AvgIpc) is 2.18. The van der Waals surface area contributed by atoms with Crippen molar-refractivity contribution in [3.05, 3.63) is 0 Å². The van der Waals surface area contributed by atoms with Gasteiger partial charge < -0.3 is 5.73 Å². The maximum atomic E-state index is 11.1. The van der Waals surface area contributed by atoms with Gasteiger partial charge in [0.15, 0.2) is 0 Å². The maximum Gasteiger partial charge on any atom is 0.217 e. The summed E-state index contributed by atoms with van der Waals surface area (Å²) in [5.41, 5.74) is 6.25. The molecule has 0 aromatic heterocycles. The lowest BCUT2D eigenvalue weighted by Gasteiger charge is -2.55. The highest BCUT2D eigenvalue weighted by atomic mass is 16.1. The number of nitrogens with two attached hydrogens (primary N) is 1. The first-order valence-electron chi connectivity index (χ1n) is 6.26. The highest BCUT2D eigenvalue weighted by Crippen LogP contribution is 2.60. The van der Waals surface area contributed by atoms with Crippen molar-refractivity contribution in [1.29, 1.82) is 0 Å². The molecule has 0 radical (unpaired) electrons. The van der Waals surface area contributed by atoms with Crippen LogP contribution in [0.25, 0.3) is 0 Å². The Balaban J connectivity index is 2.07. The Kier molecular flexibility index (Phi) is 2.56. The summed E-state index contributed by atoms with van der Waals surface area (Å²) < 4.78 is 0. The van der Waals surface area contributed by atoms with Gasteiger partial charge in [0.25, 0.3) is 0 Å². The predicted octanol–water partition coefficient (Wildman–Crippen LogP) is 2.86. The van der Waals surface area contributed by atoms with Crippen LogP contribution < -0.4 is 5.73 Å². The molecule has 15 heavy (non-hydrogen) atoms. The first kappa shape index (κ1) is 11.0. The van der Waals surface area contributed by atoms with E-state index >= 15 is 0 Å². The Bertz CT molecular complexity index is 245. The highest BCUT2D eigenvalue weighted by Gasteiger charge is 2.49. The van der Waals surface area contributed by atoms with E-state index in [0.717, 1.165) is 5.92 Å². The maximum absolute atomic E-state index is 11.1. The predicted molar refractivity (Wildman–Crippen MR) is 61.2 cm³/mol. The quantitative estimate of drug-likeness (QED) is 0.763. The third-order valence-electron chi connectivity index (χ3n) is 5.23. The van der Waals surface area contributed by atoms with Crippen LogP contribution in [0, 0.1) is 16.7 Å². The van der Waals surface area contributed by atoms with Crippen LogP contribution in [0.5, 0.6) is 0 Å². The van der Waals surface area contributed by atoms with E-state index in [0.29, 0.717) is 17.3 Å². The molecule has 3 rings (SSSR count). The average molecular weight is 209 g/mol. The first-order chi connectivity index (χ1) is 6.98. The molecule has 2 bridgehead atoms. The fraction of sp³-hybridized carbons (Fsp3) is 0.923. The molecule has 0 spiro atoms. The monoisotopic (exact) mass is 209 g/mol. The Labute approximate surface area is 92.6 Å². The molecule has 0 saturated heterocycles. The number of primary amides is 1. The minimum atomic E-state index is -0.103. The number of carbonyl (C=O) groups is 1. The molecule has 3 fully saturated rings. The topological polar surface area (TPSA) is 43.1 Å². The van der Waals surface area contributed by atoms with Crippen LogP contribution in [0.15, 0.2) is 0 Å². The first-order valence-corrected chi connectivity index (χ1v) is 6.26. The summed E-state index contributed by atoms with van der Waals surface area (Å²) >= 11 is 0. The Morgan fingerprint density at radius 3 is 1.93 bits per heavy atom. The molecule has 3 aliphatic rings. The summed E-state index contributed by atoms with van der Waals surface area (Å²) in [6.07, 6.45) is 8.27. The van der Waals surface area contributed by atoms with Crippen LogP contribution in [0.1, 0.15) is 58.8 Å². The van der Waals surface area contributed by atoms with E-state index in [4.69, 9.17) is 5.73 Å². The molecule has 3 aliphatic carbocycles. The molecule has 0 aromatic rings. The number of fused-ring (bicyclic) bond motifs is 3. The van der Waals surface area contributed by atoms with Gasteiger partial charge in [0.05, 0.1) is 0 Å². The van der Waals surface area contributed by atoms with E-state index in [1.165, 1.54) is 38.5 Å². The summed E-state index contributed by atoms with van der Waals surface area (Å²) in [6, 6.07) is 0. The van der Waals surface area contributed by atoms with Crippen LogP contribution in [0.3, 0.4) is 0 Å². The normalized spacial score (nSPS) is 39.7. The van der Waals surface area contributed by atoms with Crippen LogP contribution in [0.4, 0.5) is 0 Å². The second kappa shape index (κ2) is 3.50. The van der Waals surface area contributed by atoms with Gasteiger partial charge in [-0.1, -0.05) is 13.8 Å². The summed E-state index contributed by atoms with van der Waals surface area (Å²) in [4.78, 5) is 11.1. The molecule has 2 N–H and O–H groups in total. The van der Waals surface area contributed by atoms with Gasteiger partial charge in [0, 0.05) is 6.42 Å². The van der Waals surface area contributed by atoms with E-state index in [2.05, 4.69) is 13.8 Å². The van der Waals surface area contributed by atoms with Crippen LogP contribution in [-0.2, 0) is 4.79 Å². The molecule has 2 heteroatoms. The van der Waals surface area contributed by atoms with E-state index < -0.39 is 0 Å². The van der Waals surface area contributed by atoms with Gasteiger partial charge in [0.2, 0.25) is 5.91 Å². The molecule has 0 unspecified atom stereocenters. The fourth-order valence-corrected chi connectivity index (χ4v) is 3.79. The molecule has 0 heterocycles. The number of hydrogen-bond acceptors (Lipinski definition) is 1. The number of amides is 1. The standard InChI is InChI=1S/C13H23NO/c1-10(2)13-6-3-12(4-7-13,5-8-13)9-11(14)15/h10H,3-9H2,1-2H3,(H2,14,15). The van der Waals surface area contributed by atoms with E-state index in [1.807, 2.05) is 0 Å². The lowest BCUT2D eigenvalue weighted by atomic mass is 9.50. The van der Waals surface area contributed by atoms with Gasteiger partial charge in [-0.25, -0.2) is 0 Å². The molecule has 1 amide bonds. The van der Waals surface area contributed by atoms with Crippen molar-refractivity contribution in [2.24, 2.45) is 22.5 Å². The minimum Gasteiger partial charge on any atom is -0.370 e. The fourth-order valence-electron chi connectivity index (χ4n) is 3.79. The second-order valence-corrected chi connectivity index (χ2v) is 6.16. The number of hydrogen-bond donors (Lipinski definition) is 1. The van der Waals surface area contributed by atoms with Gasteiger partial charge in [-0.2, -0.15) is 0 Å². The molecule has 0 atom stereocenters. The molecule has 0 aliphatic heterocycles. The second-order valence-electron chi connectivity index (χ2n) is 6.16.